The highest BCUT2D eigenvalue weighted by molar-refractivity contribution is 7.92. The van der Waals surface area contributed by atoms with Crippen LogP contribution in [-0.4, -0.2) is 74.5 Å². The predicted octanol–water partition coefficient (Wildman–Crippen LogP) is 4.80. The molecule has 0 atom stereocenters. The van der Waals surface area contributed by atoms with Crippen LogP contribution in [-0.2, 0) is 25.8 Å². The molecule has 0 bridgehead atoms. The molecule has 0 radical (unpaired) electrons. The zero-order valence-electron chi connectivity index (χ0n) is 23.9. The number of hydrogen-bond donors (Lipinski definition) is 2. The Bertz CT molecular complexity index is 1580. The molecule has 0 aromatic heterocycles. The molecule has 0 aliphatic carbocycles. The molecular formula is C30H30F4N2O8S. The number of ether oxygens (including phenoxy) is 1. The van der Waals surface area contributed by atoms with Crippen molar-refractivity contribution in [3.05, 3.63) is 89.7 Å². The van der Waals surface area contributed by atoms with Crippen molar-refractivity contribution in [2.45, 2.75) is 23.9 Å². The second-order valence-electron chi connectivity index (χ2n) is 9.86. The average Bonchev–Trinajstić information content (AvgIpc) is 3.01. The molecule has 3 aromatic rings. The lowest BCUT2D eigenvalue weighted by Gasteiger charge is -2.34. The smallest absolute Gasteiger partial charge is 0.418 e. The second-order valence-corrected chi connectivity index (χ2v) is 11.7. The standard InChI is InChI=1S/C28H28F4N2O4S.C2H2O4/c1-38-23-10-12-24(13-11-23)39(36,37)34(26-5-3-2-4-25(26)28(30,31)32)19-18-33-16-14-21(15-17-33)27(35)20-6-8-22(29)9-7-20;3-1(4)2(5)6/h2-13,21H,14-19H2,1H3;(H,3,4)(H,5,6). The van der Waals surface area contributed by atoms with Crippen molar-refractivity contribution in [2.75, 3.05) is 37.6 Å². The van der Waals surface area contributed by atoms with Crippen LogP contribution in [0.3, 0.4) is 0 Å². The molecule has 1 saturated heterocycles. The van der Waals surface area contributed by atoms with Gasteiger partial charge in [0.25, 0.3) is 10.0 Å². The number of carboxylic acid groups (broad SMARTS) is 2. The Balaban J connectivity index is 0.000000838. The predicted molar refractivity (Wildman–Crippen MR) is 154 cm³/mol. The highest BCUT2D eigenvalue weighted by atomic mass is 32.2. The number of benzene rings is 3. The molecule has 242 valence electrons. The van der Waals surface area contributed by atoms with Gasteiger partial charge in [0.1, 0.15) is 11.6 Å². The molecule has 1 fully saturated rings. The van der Waals surface area contributed by atoms with Crippen LogP contribution >= 0.6 is 0 Å². The van der Waals surface area contributed by atoms with Crippen LogP contribution in [0.4, 0.5) is 23.2 Å². The highest BCUT2D eigenvalue weighted by Crippen LogP contribution is 2.38. The zero-order chi connectivity index (χ0) is 33.4. The minimum atomic E-state index is -4.76. The molecule has 45 heavy (non-hydrogen) atoms. The maximum absolute atomic E-state index is 13.9. The van der Waals surface area contributed by atoms with E-state index in [1.807, 2.05) is 4.90 Å². The normalized spacial score (nSPS) is 14.2. The van der Waals surface area contributed by atoms with E-state index in [4.69, 9.17) is 24.5 Å². The number of hydrogen-bond acceptors (Lipinski definition) is 7. The largest absolute Gasteiger partial charge is 0.497 e. The number of likely N-dealkylation sites (tertiary alicyclic amines) is 1. The number of rotatable bonds is 9. The molecule has 0 amide bonds. The number of nitrogens with zero attached hydrogens (tertiary/aromatic N) is 2. The Morgan fingerprint density at radius 2 is 1.47 bits per heavy atom. The lowest BCUT2D eigenvalue weighted by atomic mass is 9.89. The summed E-state index contributed by atoms with van der Waals surface area (Å²) in [5.74, 6) is -4.02. The number of alkyl halides is 3. The number of aliphatic carboxylic acids is 2. The van der Waals surface area contributed by atoms with Crippen LogP contribution in [0.25, 0.3) is 0 Å². The number of carbonyl (C=O) groups excluding carboxylic acids is 1. The van der Waals surface area contributed by atoms with Crippen molar-refractivity contribution in [3.63, 3.8) is 0 Å². The fourth-order valence-corrected chi connectivity index (χ4v) is 6.15. The second kappa shape index (κ2) is 15.0. The van der Waals surface area contributed by atoms with E-state index in [1.165, 1.54) is 67.8 Å². The van der Waals surface area contributed by atoms with Gasteiger partial charge in [-0.25, -0.2) is 22.4 Å². The van der Waals surface area contributed by atoms with Gasteiger partial charge in [-0.2, -0.15) is 13.2 Å². The molecule has 2 N–H and O–H groups in total. The van der Waals surface area contributed by atoms with Gasteiger partial charge in [0.15, 0.2) is 5.78 Å². The topological polar surface area (TPSA) is 142 Å². The van der Waals surface area contributed by atoms with E-state index in [-0.39, 0.29) is 29.7 Å². The third-order valence-corrected chi connectivity index (χ3v) is 8.84. The summed E-state index contributed by atoms with van der Waals surface area (Å²) in [6, 6.07) is 15.4. The van der Waals surface area contributed by atoms with Crippen LogP contribution in [0, 0.1) is 11.7 Å². The third kappa shape index (κ3) is 9.25. The van der Waals surface area contributed by atoms with E-state index in [1.54, 1.807) is 0 Å². The van der Waals surface area contributed by atoms with Gasteiger partial charge < -0.3 is 19.8 Å². The number of ketones is 1. The van der Waals surface area contributed by atoms with Gasteiger partial charge in [0.05, 0.1) is 23.3 Å². The number of anilines is 1. The van der Waals surface area contributed by atoms with Gasteiger partial charge in [-0.15, -0.1) is 0 Å². The molecule has 1 aliphatic heterocycles. The van der Waals surface area contributed by atoms with Crippen molar-refractivity contribution in [3.8, 4) is 5.75 Å². The van der Waals surface area contributed by atoms with Crippen LogP contribution in [0.5, 0.6) is 5.75 Å². The molecule has 0 spiro atoms. The molecule has 3 aromatic carbocycles. The first-order valence-corrected chi connectivity index (χ1v) is 14.9. The Morgan fingerprint density at radius 3 is 1.98 bits per heavy atom. The molecular weight excluding hydrogens is 624 g/mol. The number of Topliss-reactive ketones (excluding diaryl/α,β-unsaturated/α-hetero) is 1. The van der Waals surface area contributed by atoms with Crippen molar-refractivity contribution in [1.82, 2.24) is 4.90 Å². The SMILES string of the molecule is COc1ccc(S(=O)(=O)N(CCN2CCC(C(=O)c3ccc(F)cc3)CC2)c2ccccc2C(F)(F)F)cc1.O=C(O)C(=O)O. The summed E-state index contributed by atoms with van der Waals surface area (Å²) < 4.78 is 88.0. The van der Waals surface area contributed by atoms with Crippen molar-refractivity contribution in [1.29, 1.82) is 0 Å². The molecule has 15 heteroatoms. The van der Waals surface area contributed by atoms with Crippen LogP contribution in [0.15, 0.2) is 77.7 Å². The average molecular weight is 655 g/mol. The molecule has 1 heterocycles. The zero-order valence-corrected chi connectivity index (χ0v) is 24.7. The number of piperidine rings is 1. The Labute approximate surface area is 256 Å². The third-order valence-electron chi connectivity index (χ3n) is 7.01. The monoisotopic (exact) mass is 654 g/mol. The summed E-state index contributed by atoms with van der Waals surface area (Å²) in [6.45, 7) is 0.876. The summed E-state index contributed by atoms with van der Waals surface area (Å²) >= 11 is 0. The van der Waals surface area contributed by atoms with Gasteiger partial charge >= 0.3 is 18.1 Å². The van der Waals surface area contributed by atoms with E-state index in [9.17, 15) is 30.8 Å². The summed E-state index contributed by atoms with van der Waals surface area (Å²) in [7, 11) is -2.94. The molecule has 1 aliphatic rings. The van der Waals surface area contributed by atoms with Crippen molar-refractivity contribution >= 4 is 33.4 Å². The van der Waals surface area contributed by atoms with Gasteiger partial charge in [-0.1, -0.05) is 12.1 Å². The van der Waals surface area contributed by atoms with Crippen LogP contribution < -0.4 is 9.04 Å². The number of methoxy groups -OCH3 is 1. The first-order chi connectivity index (χ1) is 21.1. The first kappa shape index (κ1) is 35.0. The van der Waals surface area contributed by atoms with Crippen LogP contribution in [0.2, 0.25) is 0 Å². The maximum atomic E-state index is 13.9. The van der Waals surface area contributed by atoms with Gasteiger partial charge in [0, 0.05) is 24.6 Å². The van der Waals surface area contributed by atoms with E-state index in [0.717, 1.165) is 16.4 Å². The van der Waals surface area contributed by atoms with E-state index < -0.39 is 45.2 Å². The number of carbonyl (C=O) groups is 3. The van der Waals surface area contributed by atoms with E-state index >= 15 is 0 Å². The first-order valence-electron chi connectivity index (χ1n) is 13.5. The van der Waals surface area contributed by atoms with Crippen molar-refractivity contribution < 1.29 is 55.3 Å². The lowest BCUT2D eigenvalue weighted by molar-refractivity contribution is -0.159. The van der Waals surface area contributed by atoms with Crippen LogP contribution in [0.1, 0.15) is 28.8 Å². The number of halogens is 4. The molecule has 4 rings (SSSR count). The summed E-state index contributed by atoms with van der Waals surface area (Å²) in [5, 5.41) is 14.8. The van der Waals surface area contributed by atoms with Crippen molar-refractivity contribution in [2.24, 2.45) is 5.92 Å². The maximum Gasteiger partial charge on any atom is 0.418 e. The lowest BCUT2D eigenvalue weighted by Crippen LogP contribution is -2.43. The number of carboxylic acids is 2. The minimum Gasteiger partial charge on any atom is -0.497 e. The van der Waals surface area contributed by atoms with Gasteiger partial charge in [-0.05, 0) is 86.6 Å². The van der Waals surface area contributed by atoms with Gasteiger partial charge in [0.2, 0.25) is 0 Å². The number of para-hydroxylation sites is 1. The summed E-state index contributed by atoms with van der Waals surface area (Å²) in [4.78, 5) is 32.8. The Hall–Kier alpha value is -4.50. The minimum absolute atomic E-state index is 0.0857. The molecule has 0 saturated carbocycles. The van der Waals surface area contributed by atoms with Gasteiger partial charge in [-0.3, -0.25) is 9.10 Å². The molecule has 10 nitrogen and oxygen atoms in total. The highest BCUT2D eigenvalue weighted by Gasteiger charge is 2.38. The van der Waals surface area contributed by atoms with E-state index in [0.29, 0.717) is 37.2 Å². The fourth-order valence-electron chi connectivity index (χ4n) is 4.68. The summed E-state index contributed by atoms with van der Waals surface area (Å²) in [5.41, 5.74) is -1.08. The quantitative estimate of drug-likeness (QED) is 0.189. The fraction of sp³-hybridized carbons (Fsp3) is 0.300. The summed E-state index contributed by atoms with van der Waals surface area (Å²) in [6.07, 6.45) is -3.76. The number of sulfonamides is 1. The van der Waals surface area contributed by atoms with E-state index in [2.05, 4.69) is 0 Å². The molecule has 0 unspecified atom stereocenters. The Kier molecular flexibility index (Phi) is 11.7. The Morgan fingerprint density at radius 1 is 0.911 bits per heavy atom.